The molecule has 2 heterocycles. The summed E-state index contributed by atoms with van der Waals surface area (Å²) in [5.74, 6) is 0.462. The van der Waals surface area contributed by atoms with E-state index in [9.17, 15) is 0 Å². The van der Waals surface area contributed by atoms with Crippen molar-refractivity contribution in [2.24, 2.45) is 11.7 Å². The van der Waals surface area contributed by atoms with Gasteiger partial charge >= 0.3 is 0 Å². The van der Waals surface area contributed by atoms with Crippen molar-refractivity contribution in [1.82, 2.24) is 4.98 Å². The summed E-state index contributed by atoms with van der Waals surface area (Å²) in [5.41, 5.74) is 18.6. The molecule has 4 nitrogen and oxygen atoms in total. The predicted molar refractivity (Wildman–Crippen MR) is 204 cm³/mol. The highest BCUT2D eigenvalue weighted by Gasteiger charge is 2.45. The number of nitrogens with two attached hydrogens (primary N) is 1. The van der Waals surface area contributed by atoms with Crippen molar-refractivity contribution in [3.63, 3.8) is 0 Å². The van der Waals surface area contributed by atoms with Gasteiger partial charge in [-0.1, -0.05) is 104 Å². The van der Waals surface area contributed by atoms with Crippen LogP contribution in [0.1, 0.15) is 49.3 Å². The molecule has 240 valence electrons. The Labute approximate surface area is 292 Å². The van der Waals surface area contributed by atoms with Gasteiger partial charge < -0.3 is 15.5 Å². The molecule has 4 aliphatic rings. The third kappa shape index (κ3) is 4.95. The molecular weight excluding hydrogens is 617 g/mol. The first-order valence-electron chi connectivity index (χ1n) is 17.3. The monoisotopic (exact) mass is 654 g/mol. The van der Waals surface area contributed by atoms with Gasteiger partial charge in [0, 0.05) is 55.9 Å². The fraction of sp³-hybridized carbons (Fsp3) is 0.159. The standard InChI is InChI=1S/C44H38N4S/c1-2-3-13-33-36(45)17-10-21-38(33)47(39-22-11-18-37-34(39)16-12-27-46-37)29-25-26-31-30-14-4-5-15-32(30)44(35(31)28-29)48-40-19-6-8-23-42(40)49-43-24-9-7-20-41(43)48/h3-9,11-20,22-28,31,35,44H,2,10,21,45H2,1H3/b13-3-. The second kappa shape index (κ2) is 12.3. The number of benzene rings is 4. The highest BCUT2D eigenvalue weighted by Crippen LogP contribution is 2.59. The Balaban J connectivity index is 1.27. The lowest BCUT2D eigenvalue weighted by molar-refractivity contribution is 0.508. The van der Waals surface area contributed by atoms with Crippen LogP contribution in [0.15, 0.2) is 178 Å². The SMILES string of the molecule is CC/C=C\C1=C(N(C2=CC3C(C=C2)c2ccccc2C3N2c3ccccc3Sc3ccccc32)c2cccc3ncccc23)CCC=C1N. The van der Waals surface area contributed by atoms with Crippen LogP contribution in [0.5, 0.6) is 0 Å². The number of hydrogen-bond acceptors (Lipinski definition) is 5. The Bertz CT molecular complexity index is 2210. The summed E-state index contributed by atoms with van der Waals surface area (Å²) >= 11 is 1.87. The highest BCUT2D eigenvalue weighted by molar-refractivity contribution is 7.99. The molecule has 0 saturated heterocycles. The molecule has 1 aliphatic heterocycles. The predicted octanol–water partition coefficient (Wildman–Crippen LogP) is 11.1. The first kappa shape index (κ1) is 29.8. The van der Waals surface area contributed by atoms with Crippen LogP contribution in [0.3, 0.4) is 0 Å². The minimum absolute atomic E-state index is 0.116. The number of anilines is 3. The van der Waals surface area contributed by atoms with Crippen molar-refractivity contribution < 1.29 is 0 Å². The van der Waals surface area contributed by atoms with Crippen LogP contribution in [-0.2, 0) is 0 Å². The normalized spacial score (nSPS) is 20.8. The lowest BCUT2D eigenvalue weighted by Crippen LogP contribution is -2.32. The largest absolute Gasteiger partial charge is 0.398 e. The molecule has 5 heteroatoms. The summed E-state index contributed by atoms with van der Waals surface area (Å²) < 4.78 is 0. The maximum atomic E-state index is 6.79. The van der Waals surface area contributed by atoms with Gasteiger partial charge in [-0.2, -0.15) is 0 Å². The van der Waals surface area contributed by atoms with Crippen LogP contribution in [0.25, 0.3) is 10.9 Å². The fourth-order valence-electron chi connectivity index (χ4n) is 8.23. The molecule has 0 bridgehead atoms. The van der Waals surface area contributed by atoms with E-state index in [1.54, 1.807) is 0 Å². The average molecular weight is 655 g/mol. The van der Waals surface area contributed by atoms with E-state index in [1.165, 1.54) is 43.7 Å². The molecule has 3 aliphatic carbocycles. The second-order valence-electron chi connectivity index (χ2n) is 13.1. The number of hydrogen-bond donors (Lipinski definition) is 1. The lowest BCUT2D eigenvalue weighted by Gasteiger charge is -2.41. The molecule has 9 rings (SSSR count). The van der Waals surface area contributed by atoms with Crippen LogP contribution >= 0.6 is 11.8 Å². The summed E-state index contributed by atoms with van der Waals surface area (Å²) in [5, 5.41) is 1.13. The Morgan fingerprint density at radius 3 is 2.43 bits per heavy atom. The minimum atomic E-state index is 0.116. The first-order chi connectivity index (χ1) is 24.2. The van der Waals surface area contributed by atoms with Crippen molar-refractivity contribution in [2.45, 2.75) is 47.9 Å². The van der Waals surface area contributed by atoms with E-state index in [-0.39, 0.29) is 17.9 Å². The van der Waals surface area contributed by atoms with E-state index in [0.717, 1.165) is 47.1 Å². The zero-order valence-electron chi connectivity index (χ0n) is 27.5. The average Bonchev–Trinajstić information content (AvgIpc) is 3.47. The highest BCUT2D eigenvalue weighted by atomic mass is 32.2. The molecule has 0 saturated carbocycles. The Morgan fingerprint density at radius 1 is 0.878 bits per heavy atom. The molecule has 0 fully saturated rings. The van der Waals surface area contributed by atoms with Gasteiger partial charge in [-0.3, -0.25) is 4.98 Å². The maximum Gasteiger partial charge on any atom is 0.0723 e. The van der Waals surface area contributed by atoms with Crippen LogP contribution in [0.4, 0.5) is 17.1 Å². The Hall–Kier alpha value is -5.26. The van der Waals surface area contributed by atoms with Crippen molar-refractivity contribution >= 4 is 39.7 Å². The topological polar surface area (TPSA) is 45.4 Å². The van der Waals surface area contributed by atoms with Gasteiger partial charge in [0.05, 0.1) is 28.6 Å². The molecule has 1 aromatic heterocycles. The second-order valence-corrected chi connectivity index (χ2v) is 14.2. The molecular formula is C44H38N4S. The van der Waals surface area contributed by atoms with Crippen molar-refractivity contribution in [3.8, 4) is 0 Å². The van der Waals surface area contributed by atoms with E-state index in [0.29, 0.717) is 0 Å². The van der Waals surface area contributed by atoms with Crippen LogP contribution in [0, 0.1) is 5.92 Å². The molecule has 4 aromatic carbocycles. The van der Waals surface area contributed by atoms with E-state index in [4.69, 9.17) is 10.7 Å². The lowest BCUT2D eigenvalue weighted by atomic mass is 9.84. The van der Waals surface area contributed by atoms with E-state index in [1.807, 2.05) is 24.0 Å². The first-order valence-corrected chi connectivity index (χ1v) is 18.2. The number of pyridine rings is 1. The zero-order valence-corrected chi connectivity index (χ0v) is 28.4. The van der Waals surface area contributed by atoms with Gasteiger partial charge in [-0.25, -0.2) is 0 Å². The number of fused-ring (bicyclic) bond motifs is 6. The molecule has 49 heavy (non-hydrogen) atoms. The molecule has 3 unspecified atom stereocenters. The molecule has 0 spiro atoms. The van der Waals surface area contributed by atoms with Crippen molar-refractivity contribution in [3.05, 3.63) is 180 Å². The third-order valence-electron chi connectivity index (χ3n) is 10.3. The molecule has 2 N–H and O–H groups in total. The van der Waals surface area contributed by atoms with E-state index in [2.05, 4.69) is 150 Å². The fourth-order valence-corrected chi connectivity index (χ4v) is 9.30. The van der Waals surface area contributed by atoms with Gasteiger partial charge in [0.2, 0.25) is 0 Å². The summed E-state index contributed by atoms with van der Waals surface area (Å²) in [7, 11) is 0. The zero-order chi connectivity index (χ0) is 32.9. The van der Waals surface area contributed by atoms with Gasteiger partial charge in [0.25, 0.3) is 0 Å². The molecule has 3 atom stereocenters. The number of aromatic nitrogens is 1. The molecule has 0 amide bonds. The Morgan fingerprint density at radius 2 is 1.63 bits per heavy atom. The van der Waals surface area contributed by atoms with E-state index >= 15 is 0 Å². The Kier molecular flexibility index (Phi) is 7.50. The van der Waals surface area contributed by atoms with Gasteiger partial charge in [-0.15, -0.1) is 0 Å². The minimum Gasteiger partial charge on any atom is -0.398 e. The number of allylic oxidation sites excluding steroid dienone is 6. The number of para-hydroxylation sites is 2. The number of nitrogens with zero attached hydrogens (tertiary/aromatic N) is 3. The molecule has 0 radical (unpaired) electrons. The van der Waals surface area contributed by atoms with Gasteiger partial charge in [0.1, 0.15) is 0 Å². The third-order valence-corrected chi connectivity index (χ3v) is 11.4. The van der Waals surface area contributed by atoms with Crippen LogP contribution in [0.2, 0.25) is 0 Å². The quantitative estimate of drug-likeness (QED) is 0.197. The summed E-state index contributed by atoms with van der Waals surface area (Å²) in [6.07, 6.45) is 18.6. The smallest absolute Gasteiger partial charge is 0.0723 e. The van der Waals surface area contributed by atoms with E-state index < -0.39 is 0 Å². The van der Waals surface area contributed by atoms with Crippen LogP contribution < -0.4 is 15.5 Å². The van der Waals surface area contributed by atoms with Gasteiger partial charge in [-0.05, 0) is 85.0 Å². The van der Waals surface area contributed by atoms with Gasteiger partial charge in [0.15, 0.2) is 0 Å². The van der Waals surface area contributed by atoms with Crippen LogP contribution in [-0.4, -0.2) is 4.98 Å². The molecule has 5 aromatic rings. The summed E-state index contributed by atoms with van der Waals surface area (Å²) in [6, 6.07) is 37.7. The number of rotatable bonds is 6. The summed E-state index contributed by atoms with van der Waals surface area (Å²) in [6.45, 7) is 2.17. The van der Waals surface area contributed by atoms with Crippen molar-refractivity contribution in [1.29, 1.82) is 0 Å². The maximum absolute atomic E-state index is 6.79. The van der Waals surface area contributed by atoms with Crippen molar-refractivity contribution in [2.75, 3.05) is 9.80 Å². The summed E-state index contributed by atoms with van der Waals surface area (Å²) in [4.78, 5) is 12.5.